The fourth-order valence-electron chi connectivity index (χ4n) is 9.40. The minimum Gasteiger partial charge on any atom is -0.456 e. The lowest BCUT2D eigenvalue weighted by atomic mass is 10.0. The summed E-state index contributed by atoms with van der Waals surface area (Å²) >= 11 is 0. The first kappa shape index (κ1) is 72.2. The molecule has 0 aromatic carbocycles. The highest BCUT2D eigenvalue weighted by Crippen LogP contribution is 2.43. The number of ether oxygens (including phenoxy) is 1. The van der Waals surface area contributed by atoms with Crippen LogP contribution in [0, 0.1) is 0 Å². The number of likely N-dealkylation sites (N-methyl/N-ethyl adjacent to an activating group) is 1. The molecule has 3 unspecified atom stereocenters. The van der Waals surface area contributed by atoms with Crippen LogP contribution >= 0.6 is 7.82 Å². The number of carbonyl (C=O) groups is 2. The first-order chi connectivity index (χ1) is 35.9. The lowest BCUT2D eigenvalue weighted by molar-refractivity contribution is -0.870. The van der Waals surface area contributed by atoms with Crippen molar-refractivity contribution in [2.75, 3.05) is 40.9 Å². The summed E-state index contributed by atoms with van der Waals surface area (Å²) in [7, 11) is 1.50. The molecular formula is C64H124N2O7P+. The third kappa shape index (κ3) is 55.0. The Hall–Kier alpha value is -1.77. The molecule has 0 saturated heterocycles. The van der Waals surface area contributed by atoms with Crippen molar-refractivity contribution in [3.05, 3.63) is 36.5 Å². The van der Waals surface area contributed by atoms with Crippen molar-refractivity contribution in [2.45, 2.75) is 322 Å². The van der Waals surface area contributed by atoms with Crippen LogP contribution in [0.15, 0.2) is 36.5 Å². The van der Waals surface area contributed by atoms with Gasteiger partial charge in [-0.15, -0.1) is 0 Å². The number of nitrogens with one attached hydrogen (secondary N) is 1. The molecule has 0 aromatic heterocycles. The molecule has 0 aliphatic heterocycles. The number of rotatable bonds is 58. The predicted octanol–water partition coefficient (Wildman–Crippen LogP) is 19.5. The van der Waals surface area contributed by atoms with Gasteiger partial charge in [-0.3, -0.25) is 18.6 Å². The maximum Gasteiger partial charge on any atom is 0.472 e. The lowest BCUT2D eigenvalue weighted by Crippen LogP contribution is -2.47. The first-order valence-electron chi connectivity index (χ1n) is 31.8. The van der Waals surface area contributed by atoms with Gasteiger partial charge in [-0.1, -0.05) is 276 Å². The van der Waals surface area contributed by atoms with E-state index in [9.17, 15) is 19.0 Å². The zero-order valence-corrected chi connectivity index (χ0v) is 50.7. The summed E-state index contributed by atoms with van der Waals surface area (Å²) < 4.78 is 30.7. The van der Waals surface area contributed by atoms with Gasteiger partial charge in [0.2, 0.25) is 5.91 Å². The highest BCUT2D eigenvalue weighted by atomic mass is 31.2. The molecule has 2 N–H and O–H groups in total. The largest absolute Gasteiger partial charge is 0.472 e. The molecule has 74 heavy (non-hydrogen) atoms. The van der Waals surface area contributed by atoms with Gasteiger partial charge in [0.1, 0.15) is 19.3 Å². The molecule has 0 aliphatic carbocycles. The maximum atomic E-state index is 13.5. The van der Waals surface area contributed by atoms with Gasteiger partial charge in [0, 0.05) is 12.8 Å². The van der Waals surface area contributed by atoms with Crippen LogP contribution in [0.25, 0.3) is 0 Å². The summed E-state index contributed by atoms with van der Waals surface area (Å²) in [5, 5.41) is 3.05. The molecule has 10 heteroatoms. The summed E-state index contributed by atoms with van der Waals surface area (Å²) in [5.41, 5.74) is 0. The van der Waals surface area contributed by atoms with Crippen molar-refractivity contribution >= 4 is 19.7 Å². The molecule has 0 saturated carbocycles. The number of esters is 1. The van der Waals surface area contributed by atoms with Gasteiger partial charge in [0.05, 0.1) is 33.8 Å². The maximum absolute atomic E-state index is 13.5. The second kappa shape index (κ2) is 54.6. The van der Waals surface area contributed by atoms with Gasteiger partial charge in [-0.05, 0) is 57.4 Å². The Morgan fingerprint density at radius 2 is 0.811 bits per heavy atom. The summed E-state index contributed by atoms with van der Waals surface area (Å²) in [5.74, 6) is -0.505. The van der Waals surface area contributed by atoms with E-state index in [-0.39, 0.29) is 25.1 Å². The van der Waals surface area contributed by atoms with Crippen LogP contribution in [-0.2, 0) is 27.9 Å². The number of nitrogens with zero attached hydrogens (tertiary/aromatic N) is 1. The fourth-order valence-corrected chi connectivity index (χ4v) is 10.1. The number of amides is 1. The Balaban J connectivity index is 5.18. The van der Waals surface area contributed by atoms with Gasteiger partial charge in [0.25, 0.3) is 0 Å². The molecule has 0 rings (SSSR count). The highest BCUT2D eigenvalue weighted by molar-refractivity contribution is 7.47. The van der Waals surface area contributed by atoms with E-state index in [2.05, 4.69) is 50.4 Å². The van der Waals surface area contributed by atoms with Gasteiger partial charge in [-0.2, -0.15) is 0 Å². The molecule has 0 aliphatic rings. The second-order valence-corrected chi connectivity index (χ2v) is 24.4. The van der Waals surface area contributed by atoms with E-state index in [1.165, 1.54) is 199 Å². The van der Waals surface area contributed by atoms with E-state index in [1.807, 2.05) is 33.3 Å². The van der Waals surface area contributed by atoms with E-state index in [0.29, 0.717) is 23.9 Å². The number of quaternary nitrogens is 1. The number of phosphoric ester groups is 1. The Labute approximate surface area is 459 Å². The predicted molar refractivity (Wildman–Crippen MR) is 319 cm³/mol. The van der Waals surface area contributed by atoms with Crippen LogP contribution in [0.5, 0.6) is 0 Å². The molecule has 9 nitrogen and oxygen atoms in total. The first-order valence-corrected chi connectivity index (χ1v) is 33.3. The number of hydrogen-bond acceptors (Lipinski definition) is 6. The van der Waals surface area contributed by atoms with Crippen molar-refractivity contribution in [3.8, 4) is 0 Å². The molecular weight excluding hydrogens is 940 g/mol. The summed E-state index contributed by atoms with van der Waals surface area (Å²) in [6.45, 7) is 7.01. The molecule has 0 aromatic rings. The summed E-state index contributed by atoms with van der Waals surface area (Å²) in [6.07, 6.45) is 65.7. The zero-order chi connectivity index (χ0) is 54.3. The van der Waals surface area contributed by atoms with E-state index in [0.717, 1.165) is 77.0 Å². The topological polar surface area (TPSA) is 111 Å². The molecule has 3 atom stereocenters. The summed E-state index contributed by atoms with van der Waals surface area (Å²) in [6, 6.07) is -0.850. The van der Waals surface area contributed by atoms with Crippen LogP contribution < -0.4 is 5.32 Å². The average Bonchev–Trinajstić information content (AvgIpc) is 3.36. The molecule has 0 heterocycles. The van der Waals surface area contributed by atoms with Crippen molar-refractivity contribution in [3.63, 3.8) is 0 Å². The smallest absolute Gasteiger partial charge is 0.456 e. The van der Waals surface area contributed by atoms with Gasteiger partial charge < -0.3 is 19.4 Å². The molecule has 0 spiro atoms. The molecule has 0 fully saturated rings. The minimum absolute atomic E-state index is 0.0399. The van der Waals surface area contributed by atoms with Gasteiger partial charge in [0.15, 0.2) is 0 Å². The van der Waals surface area contributed by atoms with Crippen LogP contribution in [-0.4, -0.2) is 74.3 Å². The van der Waals surface area contributed by atoms with E-state index >= 15 is 0 Å². The lowest BCUT2D eigenvalue weighted by Gasteiger charge is -2.27. The number of carbonyl (C=O) groups excluding carboxylic acids is 2. The number of phosphoric acid groups is 1. The van der Waals surface area contributed by atoms with E-state index in [1.54, 1.807) is 0 Å². The monoisotopic (exact) mass is 1060 g/mol. The molecule has 1 amide bonds. The normalized spacial score (nSPS) is 13.9. The van der Waals surface area contributed by atoms with Crippen molar-refractivity contribution in [1.29, 1.82) is 0 Å². The van der Waals surface area contributed by atoms with Crippen LogP contribution in [0.2, 0.25) is 0 Å². The van der Waals surface area contributed by atoms with E-state index in [4.69, 9.17) is 13.8 Å². The third-order valence-electron chi connectivity index (χ3n) is 14.4. The average molecular weight is 1060 g/mol. The molecule has 0 radical (unpaired) electrons. The second-order valence-electron chi connectivity index (χ2n) is 23.0. The Bertz CT molecular complexity index is 1360. The van der Waals surface area contributed by atoms with Crippen molar-refractivity contribution in [2.24, 2.45) is 0 Å². The van der Waals surface area contributed by atoms with E-state index < -0.39 is 20.0 Å². The van der Waals surface area contributed by atoms with Crippen molar-refractivity contribution in [1.82, 2.24) is 5.32 Å². The van der Waals surface area contributed by atoms with Crippen LogP contribution in [0.1, 0.15) is 310 Å². The van der Waals surface area contributed by atoms with Crippen LogP contribution in [0.4, 0.5) is 0 Å². The van der Waals surface area contributed by atoms with Crippen molar-refractivity contribution < 1.29 is 37.3 Å². The number of unbranched alkanes of at least 4 members (excludes halogenated alkanes) is 39. The number of hydrogen-bond donors (Lipinski definition) is 2. The Kier molecular flexibility index (Phi) is 53.3. The van der Waals surface area contributed by atoms with Gasteiger partial charge >= 0.3 is 13.8 Å². The quantitative estimate of drug-likeness (QED) is 0.0156. The standard InChI is InChI=1S/C64H123N2O7P/c1-7-10-13-16-19-22-25-28-30-31-32-33-34-35-37-39-42-45-48-51-54-57-64(68)73-62(55-52-49-46-43-40-27-24-21-18-15-12-9-3)61(60-72-74(69,70)71-59-58-66(4,5)6)65-63(67)56-53-50-47-44-41-38-36-29-26-23-20-17-14-11-8-2/h20,23,26,29,52,55,61-62H,7-19,21-22,24-25,27-28,30-51,53-54,56-60H2,1-6H3,(H-,65,67,69,70)/p+1/b23-20+,29-26+,55-52-. The third-order valence-corrected chi connectivity index (χ3v) is 15.3. The minimum atomic E-state index is -4.45. The number of allylic oxidation sites excluding steroid dienone is 5. The molecule has 0 bridgehead atoms. The van der Waals surface area contributed by atoms with Crippen LogP contribution in [0.3, 0.4) is 0 Å². The van der Waals surface area contributed by atoms with Gasteiger partial charge in [-0.25, -0.2) is 4.57 Å². The Morgan fingerprint density at radius 3 is 1.22 bits per heavy atom. The summed E-state index contributed by atoms with van der Waals surface area (Å²) in [4.78, 5) is 37.7. The highest BCUT2D eigenvalue weighted by Gasteiger charge is 2.30. The SMILES string of the molecule is CCCCC/C=C/C=C/CCCCCCCCC(=O)NC(COP(=O)(O)OCC[N+](C)(C)C)C(/C=C\CCCCCCCCCCCC)OC(=O)CCCCCCCCCCCCCCCCCCCCCCC. The zero-order valence-electron chi connectivity index (χ0n) is 49.9. The fraction of sp³-hybridized carbons (Fsp3) is 0.875. The Morgan fingerprint density at radius 1 is 0.473 bits per heavy atom. The molecule has 436 valence electrons.